The molecule has 0 spiro atoms. The minimum absolute atomic E-state index is 0.0270. The molecule has 0 heterocycles. The first-order valence-corrected chi connectivity index (χ1v) is 8.26. The summed E-state index contributed by atoms with van der Waals surface area (Å²) in [6.07, 6.45) is 0.958. The van der Waals surface area contributed by atoms with E-state index in [1.165, 1.54) is 0 Å². The molecule has 0 radical (unpaired) electrons. The smallest absolute Gasteiger partial charge is 0.165 e. The van der Waals surface area contributed by atoms with Gasteiger partial charge in [-0.2, -0.15) is 0 Å². The minimum atomic E-state index is -0.152. The van der Waals surface area contributed by atoms with E-state index in [9.17, 15) is 4.79 Å². The van der Waals surface area contributed by atoms with Gasteiger partial charge in [0.05, 0.1) is 0 Å². The van der Waals surface area contributed by atoms with Crippen LogP contribution in [0.1, 0.15) is 51.4 Å². The molecular formula is C21H26O2. The summed E-state index contributed by atoms with van der Waals surface area (Å²) in [6.45, 7) is 10.1. The summed E-state index contributed by atoms with van der Waals surface area (Å²) in [4.78, 5) is 12.0. The molecule has 23 heavy (non-hydrogen) atoms. The molecular weight excluding hydrogens is 284 g/mol. The summed E-state index contributed by atoms with van der Waals surface area (Å²) >= 11 is 0. The van der Waals surface area contributed by atoms with Crippen LogP contribution in [0.4, 0.5) is 0 Å². The highest BCUT2D eigenvalue weighted by molar-refractivity contribution is 5.97. The average Bonchev–Trinajstić information content (AvgIpc) is 2.54. The predicted octanol–water partition coefficient (Wildman–Crippen LogP) is 5.76. The van der Waals surface area contributed by atoms with Gasteiger partial charge in [0.2, 0.25) is 0 Å². The van der Waals surface area contributed by atoms with Gasteiger partial charge in [0, 0.05) is 11.5 Å². The Morgan fingerprint density at radius 3 is 1.87 bits per heavy atom. The van der Waals surface area contributed by atoms with Gasteiger partial charge in [0.15, 0.2) is 5.78 Å². The van der Waals surface area contributed by atoms with E-state index in [4.69, 9.17) is 4.74 Å². The van der Waals surface area contributed by atoms with Gasteiger partial charge in [-0.05, 0) is 43.5 Å². The molecule has 0 bridgehead atoms. The standard InChI is InChI=1S/C21H26O2/c1-6-21(4,5)23-19-13-11-17(12-14-19)16-7-9-18(10-8-16)20(22)15(2)3/h7-15H,6H2,1-5H3. The molecule has 0 unspecified atom stereocenters. The zero-order valence-electron chi connectivity index (χ0n) is 14.7. The lowest BCUT2D eigenvalue weighted by Crippen LogP contribution is -2.26. The summed E-state index contributed by atoms with van der Waals surface area (Å²) in [5.41, 5.74) is 2.84. The molecule has 0 atom stereocenters. The Balaban J connectivity index is 2.15. The topological polar surface area (TPSA) is 26.3 Å². The third-order valence-electron chi connectivity index (χ3n) is 4.13. The molecule has 2 nitrogen and oxygen atoms in total. The van der Waals surface area contributed by atoms with Crippen LogP contribution in [0.2, 0.25) is 0 Å². The van der Waals surface area contributed by atoms with Crippen LogP contribution in [-0.2, 0) is 0 Å². The van der Waals surface area contributed by atoms with E-state index < -0.39 is 0 Å². The zero-order chi connectivity index (χ0) is 17.0. The third kappa shape index (κ3) is 4.44. The van der Waals surface area contributed by atoms with Gasteiger partial charge >= 0.3 is 0 Å². The first kappa shape index (κ1) is 17.3. The summed E-state index contributed by atoms with van der Waals surface area (Å²) in [7, 11) is 0. The van der Waals surface area contributed by atoms with Crippen LogP contribution >= 0.6 is 0 Å². The van der Waals surface area contributed by atoms with E-state index >= 15 is 0 Å². The number of hydrogen-bond donors (Lipinski definition) is 0. The predicted molar refractivity (Wildman–Crippen MR) is 96.0 cm³/mol. The van der Waals surface area contributed by atoms with E-state index in [2.05, 4.69) is 32.9 Å². The van der Waals surface area contributed by atoms with Crippen LogP contribution in [-0.4, -0.2) is 11.4 Å². The van der Waals surface area contributed by atoms with Gasteiger partial charge < -0.3 is 4.74 Å². The van der Waals surface area contributed by atoms with Crippen molar-refractivity contribution < 1.29 is 9.53 Å². The highest BCUT2D eigenvalue weighted by Gasteiger charge is 2.16. The van der Waals surface area contributed by atoms with Crippen molar-refractivity contribution in [1.29, 1.82) is 0 Å². The average molecular weight is 310 g/mol. The minimum Gasteiger partial charge on any atom is -0.488 e. The number of Topliss-reactive ketones (excluding diaryl/α,β-unsaturated/α-hetero) is 1. The molecule has 0 N–H and O–H groups in total. The number of rotatable bonds is 6. The van der Waals surface area contributed by atoms with Crippen molar-refractivity contribution in [3.63, 3.8) is 0 Å². The van der Waals surface area contributed by atoms with Crippen LogP contribution in [0.5, 0.6) is 5.75 Å². The molecule has 2 aromatic carbocycles. The van der Waals surface area contributed by atoms with Gasteiger partial charge in [-0.1, -0.05) is 57.2 Å². The Labute approximate surface area is 139 Å². The van der Waals surface area contributed by atoms with E-state index in [0.29, 0.717) is 0 Å². The molecule has 2 aromatic rings. The SMILES string of the molecule is CCC(C)(C)Oc1ccc(-c2ccc(C(=O)C(C)C)cc2)cc1. The zero-order valence-corrected chi connectivity index (χ0v) is 14.7. The molecule has 2 heteroatoms. The fourth-order valence-corrected chi connectivity index (χ4v) is 2.27. The van der Waals surface area contributed by atoms with Crippen LogP contribution in [0.3, 0.4) is 0 Å². The van der Waals surface area contributed by atoms with Gasteiger partial charge in [0.1, 0.15) is 11.4 Å². The van der Waals surface area contributed by atoms with Crippen molar-refractivity contribution in [1.82, 2.24) is 0 Å². The second-order valence-corrected chi connectivity index (χ2v) is 6.84. The van der Waals surface area contributed by atoms with Crippen LogP contribution in [0, 0.1) is 5.92 Å². The van der Waals surface area contributed by atoms with Gasteiger partial charge in [-0.15, -0.1) is 0 Å². The quantitative estimate of drug-likeness (QED) is 0.634. The summed E-state index contributed by atoms with van der Waals surface area (Å²) in [5, 5.41) is 0. The first-order valence-electron chi connectivity index (χ1n) is 8.26. The van der Waals surface area contributed by atoms with Crippen molar-refractivity contribution in [3.05, 3.63) is 54.1 Å². The van der Waals surface area contributed by atoms with Crippen molar-refractivity contribution in [2.24, 2.45) is 5.92 Å². The second kappa shape index (κ2) is 6.99. The molecule has 0 aliphatic carbocycles. The van der Waals surface area contributed by atoms with Crippen molar-refractivity contribution in [2.75, 3.05) is 0 Å². The van der Waals surface area contributed by atoms with Crippen molar-refractivity contribution >= 4 is 5.78 Å². The number of ketones is 1. The largest absolute Gasteiger partial charge is 0.488 e. The maximum atomic E-state index is 12.0. The van der Waals surface area contributed by atoms with Crippen molar-refractivity contribution in [2.45, 2.75) is 46.6 Å². The Morgan fingerprint density at radius 1 is 0.957 bits per heavy atom. The van der Waals surface area contributed by atoms with Crippen LogP contribution in [0.15, 0.2) is 48.5 Å². The Hall–Kier alpha value is -2.09. The lowest BCUT2D eigenvalue weighted by molar-refractivity contribution is 0.0939. The number of hydrogen-bond acceptors (Lipinski definition) is 2. The molecule has 0 fully saturated rings. The Bertz CT molecular complexity index is 649. The number of ether oxygens (including phenoxy) is 1. The lowest BCUT2D eigenvalue weighted by Gasteiger charge is -2.24. The molecule has 0 aliphatic heterocycles. The first-order chi connectivity index (χ1) is 10.8. The molecule has 2 rings (SSSR count). The monoisotopic (exact) mass is 310 g/mol. The van der Waals surface area contributed by atoms with Crippen LogP contribution < -0.4 is 4.74 Å². The van der Waals surface area contributed by atoms with E-state index in [0.717, 1.165) is 28.9 Å². The molecule has 0 aromatic heterocycles. The molecule has 0 saturated heterocycles. The fraction of sp³-hybridized carbons (Fsp3) is 0.381. The lowest BCUT2D eigenvalue weighted by atomic mass is 9.98. The number of carbonyl (C=O) groups excluding carboxylic acids is 1. The Morgan fingerprint density at radius 2 is 1.43 bits per heavy atom. The number of benzene rings is 2. The van der Waals surface area contributed by atoms with Gasteiger partial charge in [-0.25, -0.2) is 0 Å². The number of carbonyl (C=O) groups is 1. The summed E-state index contributed by atoms with van der Waals surface area (Å²) in [5.74, 6) is 1.09. The summed E-state index contributed by atoms with van der Waals surface area (Å²) in [6, 6.07) is 15.9. The molecule has 0 amide bonds. The highest BCUT2D eigenvalue weighted by Crippen LogP contribution is 2.26. The molecule has 122 valence electrons. The van der Waals surface area contributed by atoms with Gasteiger partial charge in [-0.3, -0.25) is 4.79 Å². The van der Waals surface area contributed by atoms with E-state index in [-0.39, 0.29) is 17.3 Å². The van der Waals surface area contributed by atoms with E-state index in [1.54, 1.807) is 0 Å². The summed E-state index contributed by atoms with van der Waals surface area (Å²) < 4.78 is 5.97. The molecule has 0 saturated carbocycles. The highest BCUT2D eigenvalue weighted by atomic mass is 16.5. The maximum absolute atomic E-state index is 12.0. The van der Waals surface area contributed by atoms with Gasteiger partial charge in [0.25, 0.3) is 0 Å². The fourth-order valence-electron chi connectivity index (χ4n) is 2.27. The maximum Gasteiger partial charge on any atom is 0.165 e. The van der Waals surface area contributed by atoms with Crippen molar-refractivity contribution in [3.8, 4) is 16.9 Å². The Kier molecular flexibility index (Phi) is 5.25. The second-order valence-electron chi connectivity index (χ2n) is 6.84. The normalized spacial score (nSPS) is 11.6. The van der Waals surface area contributed by atoms with E-state index in [1.807, 2.05) is 50.2 Å². The van der Waals surface area contributed by atoms with Crippen LogP contribution in [0.25, 0.3) is 11.1 Å². The molecule has 0 aliphatic rings. The third-order valence-corrected chi connectivity index (χ3v) is 4.13.